The van der Waals surface area contributed by atoms with Gasteiger partial charge in [-0.1, -0.05) is 36.4 Å². The minimum atomic E-state index is -0.153. The van der Waals surface area contributed by atoms with E-state index in [4.69, 9.17) is 17.0 Å². The van der Waals surface area contributed by atoms with Crippen LogP contribution >= 0.6 is 12.2 Å². The molecule has 0 saturated heterocycles. The average Bonchev–Trinajstić information content (AvgIpc) is 3.08. The van der Waals surface area contributed by atoms with Crippen LogP contribution in [0.3, 0.4) is 0 Å². The van der Waals surface area contributed by atoms with Crippen LogP contribution in [-0.4, -0.2) is 28.6 Å². The van der Waals surface area contributed by atoms with Crippen molar-refractivity contribution in [2.75, 3.05) is 13.2 Å². The van der Waals surface area contributed by atoms with Crippen LogP contribution in [0.15, 0.2) is 60.8 Å². The molecule has 132 valence electrons. The highest BCUT2D eigenvalue weighted by Crippen LogP contribution is 2.26. The molecule has 4 rings (SSSR count). The first-order valence-electron chi connectivity index (χ1n) is 8.57. The highest BCUT2D eigenvalue weighted by molar-refractivity contribution is 7.71. The van der Waals surface area contributed by atoms with Gasteiger partial charge in [0.05, 0.1) is 6.61 Å². The molecule has 2 aromatic carbocycles. The Labute approximate surface area is 156 Å². The van der Waals surface area contributed by atoms with Crippen molar-refractivity contribution in [3.8, 4) is 11.4 Å². The predicted octanol–water partition coefficient (Wildman–Crippen LogP) is 3.52. The summed E-state index contributed by atoms with van der Waals surface area (Å²) in [5.74, 6) is 1.04. The maximum atomic E-state index is 12.7. The Morgan fingerprint density at radius 2 is 1.96 bits per heavy atom. The zero-order valence-corrected chi connectivity index (χ0v) is 15.0. The summed E-state index contributed by atoms with van der Waals surface area (Å²) in [6, 6.07) is 17.7. The molecule has 5 nitrogen and oxygen atoms in total. The van der Waals surface area contributed by atoms with Gasteiger partial charge >= 0.3 is 0 Å². The molecule has 0 spiro atoms. The third-order valence-electron chi connectivity index (χ3n) is 4.53. The number of nitrogens with zero attached hydrogens (tertiary/aromatic N) is 1. The first kappa shape index (κ1) is 16.6. The second-order valence-corrected chi connectivity index (χ2v) is 6.74. The lowest BCUT2D eigenvalue weighted by Crippen LogP contribution is -2.35. The maximum absolute atomic E-state index is 12.7. The number of nitrogens with one attached hydrogen (secondary N) is 2. The van der Waals surface area contributed by atoms with Gasteiger partial charge in [-0.05, 0) is 42.4 Å². The Kier molecular flexibility index (Phi) is 4.58. The molecular formula is C20H19N3O2S. The average molecular weight is 365 g/mol. The molecule has 0 aliphatic carbocycles. The molecule has 0 fully saturated rings. The number of hydrogen-bond acceptors (Lipinski definition) is 3. The molecule has 1 aliphatic rings. The van der Waals surface area contributed by atoms with E-state index < -0.39 is 0 Å². The molecule has 2 heterocycles. The van der Waals surface area contributed by atoms with Crippen molar-refractivity contribution in [3.63, 3.8) is 0 Å². The smallest absolute Gasteiger partial charge is 0.269 e. The van der Waals surface area contributed by atoms with Crippen molar-refractivity contribution < 1.29 is 9.53 Å². The van der Waals surface area contributed by atoms with E-state index in [1.165, 1.54) is 5.56 Å². The number of imidazole rings is 1. The first-order chi connectivity index (χ1) is 12.7. The number of rotatable bonds is 4. The number of amides is 1. The van der Waals surface area contributed by atoms with Gasteiger partial charge in [0.1, 0.15) is 11.4 Å². The van der Waals surface area contributed by atoms with Gasteiger partial charge in [-0.25, -0.2) is 0 Å². The summed E-state index contributed by atoms with van der Waals surface area (Å²) in [5.41, 5.74) is 2.55. The molecular weight excluding hydrogens is 346 g/mol. The summed E-state index contributed by atoms with van der Waals surface area (Å²) < 4.78 is 8.04. The topological polar surface area (TPSA) is 59.0 Å². The summed E-state index contributed by atoms with van der Waals surface area (Å²) in [5, 5.41) is 3.02. The second-order valence-electron chi connectivity index (χ2n) is 6.35. The van der Waals surface area contributed by atoms with Gasteiger partial charge < -0.3 is 15.0 Å². The van der Waals surface area contributed by atoms with Crippen LogP contribution in [0.25, 0.3) is 5.69 Å². The largest absolute Gasteiger partial charge is 0.493 e. The second kappa shape index (κ2) is 7.17. The van der Waals surface area contributed by atoms with E-state index in [2.05, 4.69) is 16.4 Å². The summed E-state index contributed by atoms with van der Waals surface area (Å²) in [6.07, 6.45) is 2.55. The van der Waals surface area contributed by atoms with E-state index in [-0.39, 0.29) is 11.8 Å². The maximum Gasteiger partial charge on any atom is 0.269 e. The number of H-pyrrole nitrogens is 1. The molecule has 0 saturated carbocycles. The van der Waals surface area contributed by atoms with E-state index in [1.807, 2.05) is 48.5 Å². The lowest BCUT2D eigenvalue weighted by molar-refractivity contribution is 0.0932. The van der Waals surface area contributed by atoms with Crippen LogP contribution < -0.4 is 10.1 Å². The van der Waals surface area contributed by atoms with Crippen LogP contribution in [-0.2, 0) is 6.42 Å². The summed E-state index contributed by atoms with van der Waals surface area (Å²) in [6.45, 7) is 1.16. The Balaban J connectivity index is 1.46. The molecule has 6 heteroatoms. The molecule has 1 amide bonds. The van der Waals surface area contributed by atoms with Crippen LogP contribution in [0.2, 0.25) is 0 Å². The first-order valence-corrected chi connectivity index (χ1v) is 8.98. The number of carbonyl (C=O) groups is 1. The number of carbonyl (C=O) groups excluding carboxylic acids is 1. The minimum Gasteiger partial charge on any atom is -0.493 e. The summed E-state index contributed by atoms with van der Waals surface area (Å²) in [4.78, 5) is 15.7. The molecule has 1 aromatic heterocycles. The standard InChI is InChI=1S/C20H19N3O2S/c24-19(17-12-22-20(26)23(17)16-7-2-1-3-8-16)21-11-14-10-15-6-4-5-9-18(15)25-13-14/h1-9,12,14H,10-11,13H2,(H,21,24)(H,22,26). The minimum absolute atomic E-state index is 0.153. The van der Waals surface area contributed by atoms with Crippen molar-refractivity contribution >= 4 is 18.1 Å². The van der Waals surface area contributed by atoms with E-state index >= 15 is 0 Å². The van der Waals surface area contributed by atoms with Gasteiger partial charge in [0.15, 0.2) is 4.77 Å². The van der Waals surface area contributed by atoms with Gasteiger partial charge in [-0.15, -0.1) is 0 Å². The van der Waals surface area contributed by atoms with Gasteiger partial charge in [0.25, 0.3) is 5.91 Å². The summed E-state index contributed by atoms with van der Waals surface area (Å²) in [7, 11) is 0. The van der Waals surface area contributed by atoms with Crippen molar-refractivity contribution in [1.82, 2.24) is 14.9 Å². The van der Waals surface area contributed by atoms with E-state index in [0.717, 1.165) is 17.9 Å². The number of aromatic amines is 1. The normalized spacial score (nSPS) is 15.8. The van der Waals surface area contributed by atoms with Crippen molar-refractivity contribution in [2.45, 2.75) is 6.42 Å². The van der Waals surface area contributed by atoms with Crippen molar-refractivity contribution in [1.29, 1.82) is 0 Å². The quantitative estimate of drug-likeness (QED) is 0.696. The van der Waals surface area contributed by atoms with Crippen molar-refractivity contribution in [2.24, 2.45) is 5.92 Å². The number of fused-ring (bicyclic) bond motifs is 1. The van der Waals surface area contributed by atoms with Crippen LogP contribution in [0.5, 0.6) is 5.75 Å². The van der Waals surface area contributed by atoms with E-state index in [9.17, 15) is 4.79 Å². The highest BCUT2D eigenvalue weighted by atomic mass is 32.1. The molecule has 26 heavy (non-hydrogen) atoms. The number of ether oxygens (including phenoxy) is 1. The third-order valence-corrected chi connectivity index (χ3v) is 4.83. The molecule has 0 bridgehead atoms. The zero-order valence-electron chi connectivity index (χ0n) is 14.1. The Morgan fingerprint density at radius 3 is 2.81 bits per heavy atom. The van der Waals surface area contributed by atoms with Crippen molar-refractivity contribution in [3.05, 3.63) is 76.8 Å². The molecule has 2 N–H and O–H groups in total. The fraction of sp³-hybridized carbons (Fsp3) is 0.200. The number of aromatic nitrogens is 2. The molecule has 1 unspecified atom stereocenters. The molecule has 0 radical (unpaired) electrons. The number of hydrogen-bond donors (Lipinski definition) is 2. The third kappa shape index (κ3) is 3.28. The summed E-state index contributed by atoms with van der Waals surface area (Å²) >= 11 is 5.33. The Hall–Kier alpha value is -2.86. The predicted molar refractivity (Wildman–Crippen MR) is 102 cm³/mol. The molecule has 1 atom stereocenters. The number of para-hydroxylation sites is 2. The van der Waals surface area contributed by atoms with Gasteiger partial charge in [0, 0.05) is 24.3 Å². The van der Waals surface area contributed by atoms with Crippen LogP contribution in [0.4, 0.5) is 0 Å². The Bertz CT molecular complexity index is 978. The fourth-order valence-corrected chi connectivity index (χ4v) is 3.48. The lowest BCUT2D eigenvalue weighted by Gasteiger charge is -2.25. The van der Waals surface area contributed by atoms with Gasteiger partial charge in [-0.2, -0.15) is 0 Å². The van der Waals surface area contributed by atoms with Crippen LogP contribution in [0.1, 0.15) is 16.1 Å². The van der Waals surface area contributed by atoms with Gasteiger partial charge in [0.2, 0.25) is 0 Å². The monoisotopic (exact) mass is 365 g/mol. The molecule has 3 aromatic rings. The van der Waals surface area contributed by atoms with E-state index in [0.29, 0.717) is 23.6 Å². The van der Waals surface area contributed by atoms with E-state index in [1.54, 1.807) is 10.8 Å². The fourth-order valence-electron chi connectivity index (χ4n) is 3.22. The lowest BCUT2D eigenvalue weighted by atomic mass is 9.97. The zero-order chi connectivity index (χ0) is 17.9. The van der Waals surface area contributed by atoms with Crippen LogP contribution in [0, 0.1) is 10.7 Å². The number of benzene rings is 2. The highest BCUT2D eigenvalue weighted by Gasteiger charge is 2.21. The SMILES string of the molecule is O=C(NCC1COc2ccccc2C1)c1c[nH]c(=S)n1-c1ccccc1. The van der Waals surface area contributed by atoms with Gasteiger partial charge in [-0.3, -0.25) is 9.36 Å². The Morgan fingerprint density at radius 1 is 1.19 bits per heavy atom. The molecule has 1 aliphatic heterocycles.